The summed E-state index contributed by atoms with van der Waals surface area (Å²) >= 11 is 4.11. The van der Waals surface area contributed by atoms with Gasteiger partial charge in [-0.15, -0.1) is 23.5 Å². The summed E-state index contributed by atoms with van der Waals surface area (Å²) in [5, 5.41) is 1.15. The number of rotatable bonds is 11. The van der Waals surface area contributed by atoms with Gasteiger partial charge in [-0.25, -0.2) is 4.79 Å². The van der Waals surface area contributed by atoms with Crippen LogP contribution in [0.1, 0.15) is 22.3 Å². The first-order chi connectivity index (χ1) is 17.9. The third-order valence-corrected chi connectivity index (χ3v) is 10.6. The Labute approximate surface area is 228 Å². The second-order valence-corrected chi connectivity index (χ2v) is 12.0. The molecule has 1 N–H and O–H groups in total. The van der Waals surface area contributed by atoms with Crippen LogP contribution in [0.4, 0.5) is 0 Å². The number of hydrogen-bond donors (Lipinski definition) is 1. The molecule has 1 aliphatic rings. The maximum atomic E-state index is 13.2. The molecule has 1 saturated heterocycles. The van der Waals surface area contributed by atoms with Crippen molar-refractivity contribution in [1.82, 2.24) is 5.32 Å². The molecule has 37 heavy (non-hydrogen) atoms. The number of hydrogen-bond acceptors (Lipinski definition) is 10. The van der Waals surface area contributed by atoms with Gasteiger partial charge in [-0.05, 0) is 30.4 Å². The van der Waals surface area contributed by atoms with E-state index in [1.807, 2.05) is 36.6 Å². The molecule has 1 aliphatic heterocycles. The first-order valence-corrected chi connectivity index (χ1v) is 14.6. The minimum atomic E-state index is -0.941. The smallest absolute Gasteiger partial charge is 0.329 e. The Kier molecular flexibility index (Phi) is 11.2. The number of benzene rings is 2. The van der Waals surface area contributed by atoms with E-state index in [0.29, 0.717) is 5.56 Å². The van der Waals surface area contributed by atoms with E-state index in [9.17, 15) is 19.2 Å². The summed E-state index contributed by atoms with van der Waals surface area (Å²) < 4.78 is 15.1. The standard InChI is InChI=1S/C26H29NO7S3/c1-32-24(30)20-21(25(31)33-2)37-26(36-20)19(35-3)14-18(27-22(28)17-12-8-5-9-13-17)23(29)34-15-16-10-6-4-7-11-16/h4-13,18-21,26H,14-15H2,1-3H3,(H,27,28)/t18-,19?,20?,21?,26?/m0/s1. The van der Waals surface area contributed by atoms with E-state index in [2.05, 4.69) is 5.32 Å². The zero-order valence-corrected chi connectivity index (χ0v) is 23.1. The van der Waals surface area contributed by atoms with Gasteiger partial charge >= 0.3 is 17.9 Å². The lowest BCUT2D eigenvalue weighted by Crippen LogP contribution is -2.44. The van der Waals surface area contributed by atoms with Crippen LogP contribution in [0.3, 0.4) is 0 Å². The van der Waals surface area contributed by atoms with Crippen LogP contribution in [0.15, 0.2) is 60.7 Å². The molecule has 0 bridgehead atoms. The fraction of sp³-hybridized carbons (Fsp3) is 0.385. The number of methoxy groups -OCH3 is 2. The summed E-state index contributed by atoms with van der Waals surface area (Å²) in [4.78, 5) is 50.8. The van der Waals surface area contributed by atoms with Crippen molar-refractivity contribution in [3.8, 4) is 0 Å². The number of esters is 3. The Hall–Kier alpha value is -2.63. The highest BCUT2D eigenvalue weighted by atomic mass is 32.2. The molecule has 1 amide bonds. The monoisotopic (exact) mass is 563 g/mol. The molecule has 0 radical (unpaired) electrons. The Morgan fingerprint density at radius 3 is 1.95 bits per heavy atom. The van der Waals surface area contributed by atoms with Crippen LogP contribution in [0.5, 0.6) is 0 Å². The van der Waals surface area contributed by atoms with E-state index in [4.69, 9.17) is 14.2 Å². The summed E-state index contributed by atoms with van der Waals surface area (Å²) in [6, 6.07) is 17.0. The number of ether oxygens (including phenoxy) is 3. The molecule has 0 saturated carbocycles. The number of thioether (sulfide) groups is 3. The quantitative estimate of drug-likeness (QED) is 0.322. The second-order valence-electron chi connectivity index (χ2n) is 8.02. The molecule has 3 unspecified atom stereocenters. The van der Waals surface area contributed by atoms with Gasteiger partial charge in [0.15, 0.2) is 0 Å². The fourth-order valence-electron chi connectivity index (χ4n) is 3.65. The predicted octanol–water partition coefficient (Wildman–Crippen LogP) is 3.54. The first-order valence-electron chi connectivity index (χ1n) is 11.4. The minimum absolute atomic E-state index is 0.0725. The van der Waals surface area contributed by atoms with E-state index >= 15 is 0 Å². The number of nitrogens with one attached hydrogen (secondary N) is 1. The van der Waals surface area contributed by atoms with Crippen LogP contribution in [0.2, 0.25) is 0 Å². The molecule has 11 heteroatoms. The van der Waals surface area contributed by atoms with E-state index in [-0.39, 0.29) is 22.9 Å². The highest BCUT2D eigenvalue weighted by Gasteiger charge is 2.48. The van der Waals surface area contributed by atoms with E-state index in [1.165, 1.54) is 49.5 Å². The maximum Gasteiger partial charge on any atom is 0.329 e. The summed E-state index contributed by atoms with van der Waals surface area (Å²) in [6.07, 6.45) is 2.12. The van der Waals surface area contributed by atoms with Crippen LogP contribution in [0.25, 0.3) is 0 Å². The normalized spacial score (nSPS) is 20.4. The van der Waals surface area contributed by atoms with Crippen molar-refractivity contribution in [3.05, 3.63) is 71.8 Å². The van der Waals surface area contributed by atoms with Crippen molar-refractivity contribution in [3.63, 3.8) is 0 Å². The maximum absolute atomic E-state index is 13.2. The average Bonchev–Trinajstić information content (AvgIpc) is 3.39. The average molecular weight is 564 g/mol. The van der Waals surface area contributed by atoms with Crippen molar-refractivity contribution in [2.24, 2.45) is 0 Å². The van der Waals surface area contributed by atoms with Crippen molar-refractivity contribution < 1.29 is 33.4 Å². The van der Waals surface area contributed by atoms with Gasteiger partial charge in [-0.2, -0.15) is 11.8 Å². The van der Waals surface area contributed by atoms with Gasteiger partial charge < -0.3 is 19.5 Å². The minimum Gasteiger partial charge on any atom is -0.468 e. The summed E-state index contributed by atoms with van der Waals surface area (Å²) in [5.41, 5.74) is 1.25. The van der Waals surface area contributed by atoms with E-state index < -0.39 is 40.4 Å². The van der Waals surface area contributed by atoms with Crippen LogP contribution in [0, 0.1) is 0 Å². The number of carbonyl (C=O) groups is 4. The molecule has 4 atom stereocenters. The van der Waals surface area contributed by atoms with Crippen LogP contribution in [-0.4, -0.2) is 70.7 Å². The molecular weight excluding hydrogens is 534 g/mol. The molecule has 0 aromatic heterocycles. The van der Waals surface area contributed by atoms with Crippen LogP contribution < -0.4 is 5.32 Å². The van der Waals surface area contributed by atoms with Gasteiger partial charge in [-0.1, -0.05) is 48.5 Å². The molecule has 0 aliphatic carbocycles. The summed E-state index contributed by atoms with van der Waals surface area (Å²) in [5.74, 6) is -1.97. The third kappa shape index (κ3) is 7.93. The van der Waals surface area contributed by atoms with Gasteiger partial charge in [0.1, 0.15) is 23.1 Å². The van der Waals surface area contributed by atoms with Gasteiger partial charge in [0, 0.05) is 10.8 Å². The van der Waals surface area contributed by atoms with Crippen molar-refractivity contribution >= 4 is 59.1 Å². The first kappa shape index (κ1) is 28.9. The van der Waals surface area contributed by atoms with Gasteiger partial charge in [0.25, 0.3) is 5.91 Å². The predicted molar refractivity (Wildman–Crippen MR) is 146 cm³/mol. The molecule has 0 spiro atoms. The number of amides is 1. The van der Waals surface area contributed by atoms with E-state index in [0.717, 1.165) is 5.56 Å². The van der Waals surface area contributed by atoms with Gasteiger partial charge in [-0.3, -0.25) is 14.4 Å². The summed E-state index contributed by atoms with van der Waals surface area (Å²) in [7, 11) is 2.55. The molecule has 1 heterocycles. The Morgan fingerprint density at radius 1 is 0.892 bits per heavy atom. The lowest BCUT2D eigenvalue weighted by atomic mass is 10.1. The van der Waals surface area contributed by atoms with Crippen molar-refractivity contribution in [1.29, 1.82) is 0 Å². The molecule has 2 aromatic rings. The zero-order chi connectivity index (χ0) is 26.8. The Bertz CT molecular complexity index is 1050. The van der Waals surface area contributed by atoms with Crippen molar-refractivity contribution in [2.75, 3.05) is 20.5 Å². The lowest BCUT2D eigenvalue weighted by molar-refractivity contribution is -0.147. The molecule has 1 fully saturated rings. The van der Waals surface area contributed by atoms with E-state index in [1.54, 1.807) is 30.3 Å². The van der Waals surface area contributed by atoms with Gasteiger partial charge in [0.05, 0.1) is 18.8 Å². The highest BCUT2D eigenvalue weighted by molar-refractivity contribution is 8.22. The zero-order valence-electron chi connectivity index (χ0n) is 20.7. The molecule has 2 aromatic carbocycles. The number of carbonyl (C=O) groups excluding carboxylic acids is 4. The topological polar surface area (TPSA) is 108 Å². The molecule has 198 valence electrons. The molecular formula is C26H29NO7S3. The third-order valence-electron chi connectivity index (χ3n) is 5.63. The fourth-order valence-corrected chi connectivity index (χ4v) is 8.75. The lowest BCUT2D eigenvalue weighted by Gasteiger charge is -2.26. The summed E-state index contributed by atoms with van der Waals surface area (Å²) in [6.45, 7) is 0.0725. The van der Waals surface area contributed by atoms with Crippen molar-refractivity contribution in [2.45, 2.75) is 39.4 Å². The van der Waals surface area contributed by atoms with Crippen LogP contribution in [-0.2, 0) is 35.2 Å². The Morgan fingerprint density at radius 2 is 1.43 bits per heavy atom. The largest absolute Gasteiger partial charge is 0.468 e. The SMILES string of the molecule is COC(=O)C1SC(C(C[C@H](NC(=O)c2ccccc2)C(=O)OCc2ccccc2)SC)SC1C(=O)OC. The molecule has 8 nitrogen and oxygen atoms in total. The van der Waals surface area contributed by atoms with Gasteiger partial charge in [0.2, 0.25) is 0 Å². The van der Waals surface area contributed by atoms with Crippen LogP contribution >= 0.6 is 35.3 Å². The molecule has 3 rings (SSSR count). The Balaban J connectivity index is 1.77. The second kappa shape index (κ2) is 14.3. The highest BCUT2D eigenvalue weighted by Crippen LogP contribution is 2.49.